The molecule has 2 N–H and O–H groups in total. The lowest BCUT2D eigenvalue weighted by Crippen LogP contribution is -2.41. The second-order valence-corrected chi connectivity index (χ2v) is 9.02. The zero-order valence-electron chi connectivity index (χ0n) is 18.9. The highest BCUT2D eigenvalue weighted by Gasteiger charge is 2.21. The highest BCUT2D eigenvalue weighted by atomic mass is 35.5. The number of likely N-dealkylation sites (N-methyl/N-ethyl adjacent to an activating group) is 1. The molecule has 0 saturated carbocycles. The number of pyridine rings is 1. The second kappa shape index (κ2) is 9.56. The van der Waals surface area contributed by atoms with Crippen LogP contribution in [0.15, 0.2) is 49.2 Å². The molecule has 1 aromatic carbocycles. The largest absolute Gasteiger partial charge is 0.375 e. The van der Waals surface area contributed by atoms with Crippen molar-refractivity contribution in [2.24, 2.45) is 5.92 Å². The van der Waals surface area contributed by atoms with E-state index in [4.69, 9.17) is 22.0 Å². The normalized spacial score (nSPS) is 14.2. The van der Waals surface area contributed by atoms with E-state index in [-0.39, 0.29) is 0 Å². The monoisotopic (exact) mass is 437 g/mol. The van der Waals surface area contributed by atoms with E-state index in [1.807, 2.05) is 37.3 Å². The maximum atomic E-state index is 8.70. The molecule has 1 aliphatic rings. The molecule has 164 valence electrons. The fourth-order valence-electron chi connectivity index (χ4n) is 3.57. The Labute approximate surface area is 190 Å². The number of benzene rings is 1. The molecule has 0 aliphatic carbocycles. The molecule has 1 fully saturated rings. The van der Waals surface area contributed by atoms with Gasteiger partial charge in [-0.15, -0.1) is 0 Å². The third-order valence-electron chi connectivity index (χ3n) is 5.53. The van der Waals surface area contributed by atoms with Crippen molar-refractivity contribution in [2.75, 3.05) is 32.0 Å². The van der Waals surface area contributed by atoms with Gasteiger partial charge < -0.3 is 20.5 Å². The van der Waals surface area contributed by atoms with E-state index in [1.165, 1.54) is 0 Å². The maximum absolute atomic E-state index is 8.70. The summed E-state index contributed by atoms with van der Waals surface area (Å²) in [7, 11) is 2.06. The zero-order chi connectivity index (χ0) is 22.7. The fraction of sp³-hybridized carbons (Fsp3) is 0.360. The number of nitrogens with zero attached hydrogens (tertiary/aromatic N) is 3. The number of anilines is 2. The van der Waals surface area contributed by atoms with E-state index >= 15 is 0 Å². The van der Waals surface area contributed by atoms with Gasteiger partial charge in [0.05, 0.1) is 29.3 Å². The molecule has 0 amide bonds. The standard InChI is InChI=1S/C25H32ClN5/c1-16(2)13-22(27)25-24(28-20-7-8-21(26)17(3)14-20)10-9-23(29-25)19(5)31-12-11-30(6)18(4)15-31/h7-10,14,16,27-28H,4-5,11-13,15H2,1-3,6H3. The molecular formula is C25H32ClN5. The summed E-state index contributed by atoms with van der Waals surface area (Å²) in [5.41, 5.74) is 6.63. The van der Waals surface area contributed by atoms with E-state index < -0.39 is 0 Å². The van der Waals surface area contributed by atoms with Crippen molar-refractivity contribution in [1.29, 1.82) is 5.41 Å². The SMILES string of the molecule is C=C1CN(C(=C)c2ccc(Nc3ccc(Cl)c(C)c3)c(C(=N)CC(C)C)n2)CCN1C. The molecule has 0 bridgehead atoms. The van der Waals surface area contributed by atoms with Gasteiger partial charge in [0.1, 0.15) is 5.69 Å². The lowest BCUT2D eigenvalue weighted by molar-refractivity contribution is 0.262. The first-order valence-electron chi connectivity index (χ1n) is 10.6. The van der Waals surface area contributed by atoms with Crippen LogP contribution in [0, 0.1) is 18.3 Å². The molecule has 5 nitrogen and oxygen atoms in total. The second-order valence-electron chi connectivity index (χ2n) is 8.61. The first-order valence-corrected chi connectivity index (χ1v) is 11.0. The lowest BCUT2D eigenvalue weighted by Gasteiger charge is -2.37. The maximum Gasteiger partial charge on any atom is 0.108 e. The molecule has 3 rings (SSSR count). The van der Waals surface area contributed by atoms with Gasteiger partial charge in [-0.25, -0.2) is 4.98 Å². The molecule has 31 heavy (non-hydrogen) atoms. The summed E-state index contributed by atoms with van der Waals surface area (Å²) in [5.74, 6) is 0.368. The third-order valence-corrected chi connectivity index (χ3v) is 5.95. The average molecular weight is 438 g/mol. The summed E-state index contributed by atoms with van der Waals surface area (Å²) in [4.78, 5) is 9.26. The molecule has 0 spiro atoms. The van der Waals surface area contributed by atoms with Crippen LogP contribution in [-0.2, 0) is 0 Å². The Morgan fingerprint density at radius 2 is 2.00 bits per heavy atom. The van der Waals surface area contributed by atoms with Gasteiger partial charge in [0.2, 0.25) is 0 Å². The summed E-state index contributed by atoms with van der Waals surface area (Å²) < 4.78 is 0. The van der Waals surface area contributed by atoms with Crippen molar-refractivity contribution < 1.29 is 0 Å². The van der Waals surface area contributed by atoms with Gasteiger partial charge in [-0.3, -0.25) is 0 Å². The number of halogens is 1. The third kappa shape index (κ3) is 5.47. The summed E-state index contributed by atoms with van der Waals surface area (Å²) in [6.45, 7) is 17.2. The van der Waals surface area contributed by atoms with Gasteiger partial charge in [0.25, 0.3) is 0 Å². The Balaban J connectivity index is 1.92. The molecule has 0 unspecified atom stereocenters. The topological polar surface area (TPSA) is 55.3 Å². The van der Waals surface area contributed by atoms with Crippen molar-refractivity contribution in [3.63, 3.8) is 0 Å². The molecule has 0 radical (unpaired) electrons. The van der Waals surface area contributed by atoms with E-state index in [9.17, 15) is 0 Å². The molecular weight excluding hydrogens is 406 g/mol. The molecule has 0 atom stereocenters. The van der Waals surface area contributed by atoms with Crippen molar-refractivity contribution >= 4 is 34.4 Å². The van der Waals surface area contributed by atoms with Gasteiger partial charge in [0.15, 0.2) is 0 Å². The number of nitrogens with one attached hydrogen (secondary N) is 2. The van der Waals surface area contributed by atoms with Crippen LogP contribution in [0.2, 0.25) is 5.02 Å². The predicted molar refractivity (Wildman–Crippen MR) is 132 cm³/mol. The Hall–Kier alpha value is -2.79. The quantitative estimate of drug-likeness (QED) is 0.527. The molecule has 2 heterocycles. The minimum atomic E-state index is 0.368. The van der Waals surface area contributed by atoms with Crippen LogP contribution in [0.1, 0.15) is 37.2 Å². The van der Waals surface area contributed by atoms with Gasteiger partial charge in [-0.2, -0.15) is 0 Å². The lowest BCUT2D eigenvalue weighted by atomic mass is 10.0. The van der Waals surface area contributed by atoms with Crippen LogP contribution in [0.3, 0.4) is 0 Å². The summed E-state index contributed by atoms with van der Waals surface area (Å²) in [6, 6.07) is 9.78. The van der Waals surface area contributed by atoms with Gasteiger partial charge in [0, 0.05) is 36.5 Å². The first-order chi connectivity index (χ1) is 14.7. The number of hydrogen-bond donors (Lipinski definition) is 2. The van der Waals surface area contributed by atoms with Crippen molar-refractivity contribution in [3.8, 4) is 0 Å². The minimum absolute atomic E-state index is 0.368. The van der Waals surface area contributed by atoms with Crippen LogP contribution >= 0.6 is 11.6 Å². The zero-order valence-corrected chi connectivity index (χ0v) is 19.7. The van der Waals surface area contributed by atoms with Crippen molar-refractivity contribution in [1.82, 2.24) is 14.8 Å². The fourth-order valence-corrected chi connectivity index (χ4v) is 3.69. The first kappa shape index (κ1) is 22.9. The van der Waals surface area contributed by atoms with Crippen LogP contribution < -0.4 is 5.32 Å². The summed E-state index contributed by atoms with van der Waals surface area (Å²) in [6.07, 6.45) is 0.655. The van der Waals surface area contributed by atoms with Gasteiger partial charge >= 0.3 is 0 Å². The van der Waals surface area contributed by atoms with E-state index in [0.717, 1.165) is 58.7 Å². The van der Waals surface area contributed by atoms with Crippen LogP contribution in [0.4, 0.5) is 11.4 Å². The average Bonchev–Trinajstić information content (AvgIpc) is 2.72. The summed E-state index contributed by atoms with van der Waals surface area (Å²) >= 11 is 6.17. The predicted octanol–water partition coefficient (Wildman–Crippen LogP) is 5.93. The molecule has 1 saturated heterocycles. The Kier molecular flexibility index (Phi) is 7.06. The minimum Gasteiger partial charge on any atom is -0.375 e. The van der Waals surface area contributed by atoms with Crippen LogP contribution in [0.5, 0.6) is 0 Å². The number of rotatable bonds is 7. The number of aryl methyl sites for hydroxylation is 1. The van der Waals surface area contributed by atoms with E-state index in [2.05, 4.69) is 49.2 Å². The molecule has 1 aliphatic heterocycles. The van der Waals surface area contributed by atoms with E-state index in [0.29, 0.717) is 23.7 Å². The number of aromatic nitrogens is 1. The van der Waals surface area contributed by atoms with E-state index in [1.54, 1.807) is 0 Å². The smallest absolute Gasteiger partial charge is 0.108 e. The number of piperazine rings is 1. The molecule has 2 aromatic rings. The van der Waals surface area contributed by atoms with Gasteiger partial charge in [-0.05, 0) is 55.2 Å². The molecule has 6 heteroatoms. The Morgan fingerprint density at radius 3 is 2.65 bits per heavy atom. The van der Waals surface area contributed by atoms with Crippen LogP contribution in [-0.4, -0.2) is 47.2 Å². The highest BCUT2D eigenvalue weighted by molar-refractivity contribution is 6.31. The highest BCUT2D eigenvalue weighted by Crippen LogP contribution is 2.28. The summed E-state index contributed by atoms with van der Waals surface area (Å²) in [5, 5.41) is 12.9. The van der Waals surface area contributed by atoms with Crippen molar-refractivity contribution in [3.05, 3.63) is 71.2 Å². The van der Waals surface area contributed by atoms with Crippen LogP contribution in [0.25, 0.3) is 5.70 Å². The Bertz CT molecular complexity index is 1010. The van der Waals surface area contributed by atoms with Gasteiger partial charge in [-0.1, -0.05) is 38.6 Å². The Morgan fingerprint density at radius 1 is 1.26 bits per heavy atom. The van der Waals surface area contributed by atoms with Crippen molar-refractivity contribution in [2.45, 2.75) is 27.2 Å². The number of hydrogen-bond acceptors (Lipinski definition) is 5. The molecule has 1 aromatic heterocycles.